The molecule has 0 fully saturated rings. The minimum absolute atomic E-state index is 0.0378. The minimum Gasteiger partial charge on any atom is -0.478 e. The van der Waals surface area contributed by atoms with E-state index in [0.29, 0.717) is 11.3 Å². The Morgan fingerprint density at radius 1 is 1.28 bits per heavy atom. The fraction of sp³-hybridized carbons (Fsp3) is 0.500. The summed E-state index contributed by atoms with van der Waals surface area (Å²) in [6.45, 7) is 9.44. The average molecular weight is 252 g/mol. The predicted octanol–water partition coefficient (Wildman–Crippen LogP) is 3.62. The van der Waals surface area contributed by atoms with E-state index in [4.69, 9.17) is 9.78 Å². The largest absolute Gasteiger partial charge is 0.478 e. The van der Waals surface area contributed by atoms with Crippen LogP contribution in [0.25, 0.3) is 0 Å². The van der Waals surface area contributed by atoms with Gasteiger partial charge in [0.2, 0.25) is 0 Å². The summed E-state index contributed by atoms with van der Waals surface area (Å²) in [5, 5.41) is 9.17. The fourth-order valence-electron chi connectivity index (χ4n) is 1.57. The SMILES string of the molecule is CC(C)c1c(OOC(C)(C)C)cccc1C(=O)O. The quantitative estimate of drug-likeness (QED) is 0.657. The molecule has 0 aliphatic carbocycles. The number of carboxylic acid groups (broad SMARTS) is 1. The second-order valence-electron chi connectivity index (χ2n) is 5.46. The van der Waals surface area contributed by atoms with Crippen molar-refractivity contribution in [2.75, 3.05) is 0 Å². The second kappa shape index (κ2) is 5.40. The summed E-state index contributed by atoms with van der Waals surface area (Å²) in [4.78, 5) is 21.7. The van der Waals surface area contributed by atoms with Gasteiger partial charge in [0.25, 0.3) is 0 Å². The molecule has 0 aromatic heterocycles. The van der Waals surface area contributed by atoms with Crippen molar-refractivity contribution in [2.45, 2.75) is 46.1 Å². The molecule has 4 nitrogen and oxygen atoms in total. The molecular formula is C14H20O4. The zero-order chi connectivity index (χ0) is 13.9. The first-order valence-corrected chi connectivity index (χ1v) is 5.94. The molecule has 0 aliphatic heterocycles. The maximum Gasteiger partial charge on any atom is 0.336 e. The van der Waals surface area contributed by atoms with Gasteiger partial charge in [0, 0.05) is 5.56 Å². The van der Waals surface area contributed by atoms with Crippen molar-refractivity contribution < 1.29 is 19.7 Å². The maximum absolute atomic E-state index is 11.2. The highest BCUT2D eigenvalue weighted by atomic mass is 17.2. The lowest BCUT2D eigenvalue weighted by atomic mass is 9.96. The molecule has 1 aromatic rings. The van der Waals surface area contributed by atoms with E-state index in [1.807, 2.05) is 34.6 Å². The van der Waals surface area contributed by atoms with Crippen molar-refractivity contribution in [1.29, 1.82) is 0 Å². The van der Waals surface area contributed by atoms with Crippen LogP contribution < -0.4 is 4.89 Å². The van der Waals surface area contributed by atoms with E-state index in [1.165, 1.54) is 0 Å². The molecule has 0 saturated carbocycles. The molecule has 100 valence electrons. The van der Waals surface area contributed by atoms with Gasteiger partial charge in [0.1, 0.15) is 5.60 Å². The molecule has 0 spiro atoms. The molecular weight excluding hydrogens is 232 g/mol. The molecule has 0 unspecified atom stereocenters. The van der Waals surface area contributed by atoms with E-state index >= 15 is 0 Å². The molecule has 0 bridgehead atoms. The summed E-state index contributed by atoms with van der Waals surface area (Å²) in [6, 6.07) is 4.94. The van der Waals surface area contributed by atoms with E-state index in [2.05, 4.69) is 0 Å². The van der Waals surface area contributed by atoms with Gasteiger partial charge in [-0.25, -0.2) is 4.79 Å². The van der Waals surface area contributed by atoms with E-state index in [9.17, 15) is 9.90 Å². The Morgan fingerprint density at radius 3 is 2.33 bits per heavy atom. The highest BCUT2D eigenvalue weighted by Gasteiger charge is 2.20. The van der Waals surface area contributed by atoms with Crippen LogP contribution in [0.4, 0.5) is 0 Å². The van der Waals surface area contributed by atoms with Crippen LogP contribution in [0.15, 0.2) is 18.2 Å². The highest BCUT2D eigenvalue weighted by molar-refractivity contribution is 5.90. The molecule has 4 heteroatoms. The molecule has 0 aliphatic rings. The standard InChI is InChI=1S/C14H20O4/c1-9(2)12-10(13(15)16)7-6-8-11(12)17-18-14(3,4)5/h6-9H,1-5H3,(H,15,16). The zero-order valence-electron chi connectivity index (χ0n) is 11.5. The first-order valence-electron chi connectivity index (χ1n) is 5.94. The third-order valence-corrected chi connectivity index (χ3v) is 2.26. The van der Waals surface area contributed by atoms with Gasteiger partial charge in [-0.15, -0.1) is 0 Å². The number of carbonyl (C=O) groups is 1. The summed E-state index contributed by atoms with van der Waals surface area (Å²) in [6.07, 6.45) is 0. The fourth-order valence-corrected chi connectivity index (χ4v) is 1.57. The Balaban J connectivity index is 3.11. The molecule has 1 N–H and O–H groups in total. The normalized spacial score (nSPS) is 11.7. The van der Waals surface area contributed by atoms with Gasteiger partial charge >= 0.3 is 5.97 Å². The zero-order valence-corrected chi connectivity index (χ0v) is 11.5. The number of aromatic carboxylic acids is 1. The smallest absolute Gasteiger partial charge is 0.336 e. The Morgan fingerprint density at radius 2 is 1.89 bits per heavy atom. The highest BCUT2D eigenvalue weighted by Crippen LogP contribution is 2.31. The summed E-state index contributed by atoms with van der Waals surface area (Å²) in [7, 11) is 0. The Bertz CT molecular complexity index is 430. The number of carboxylic acids is 1. The van der Waals surface area contributed by atoms with Crippen LogP contribution in [0.3, 0.4) is 0 Å². The van der Waals surface area contributed by atoms with Gasteiger partial charge in [-0.2, -0.15) is 4.89 Å². The van der Waals surface area contributed by atoms with Gasteiger partial charge in [-0.05, 0) is 38.8 Å². The van der Waals surface area contributed by atoms with Crippen LogP contribution in [0.1, 0.15) is 56.5 Å². The van der Waals surface area contributed by atoms with E-state index in [0.717, 1.165) is 0 Å². The van der Waals surface area contributed by atoms with Crippen LogP contribution >= 0.6 is 0 Å². The molecule has 0 atom stereocenters. The van der Waals surface area contributed by atoms with Gasteiger partial charge in [0.05, 0.1) is 5.56 Å². The Labute approximate surface area is 107 Å². The third kappa shape index (κ3) is 3.74. The molecule has 0 radical (unpaired) electrons. The first-order chi connectivity index (χ1) is 8.22. The van der Waals surface area contributed by atoms with Gasteiger partial charge in [0.15, 0.2) is 5.75 Å². The topological polar surface area (TPSA) is 55.8 Å². The predicted molar refractivity (Wildman–Crippen MR) is 69.0 cm³/mol. The minimum atomic E-state index is -0.958. The first kappa shape index (κ1) is 14.5. The monoisotopic (exact) mass is 252 g/mol. The Kier molecular flexibility index (Phi) is 4.35. The van der Waals surface area contributed by atoms with Crippen molar-refractivity contribution in [3.63, 3.8) is 0 Å². The van der Waals surface area contributed by atoms with Crippen LogP contribution in [0.2, 0.25) is 0 Å². The van der Waals surface area contributed by atoms with Crippen molar-refractivity contribution in [1.82, 2.24) is 0 Å². The lowest BCUT2D eigenvalue weighted by molar-refractivity contribution is -0.275. The maximum atomic E-state index is 11.2. The number of benzene rings is 1. The third-order valence-electron chi connectivity index (χ3n) is 2.26. The van der Waals surface area contributed by atoms with Gasteiger partial charge in [-0.1, -0.05) is 19.9 Å². The molecule has 1 rings (SSSR count). The molecule has 0 heterocycles. The van der Waals surface area contributed by atoms with Crippen LogP contribution in [-0.2, 0) is 4.89 Å². The summed E-state index contributed by atoms with van der Waals surface area (Å²) in [5.74, 6) is -0.462. The summed E-state index contributed by atoms with van der Waals surface area (Å²) < 4.78 is 0. The Hall–Kier alpha value is -1.55. The van der Waals surface area contributed by atoms with Crippen molar-refractivity contribution in [2.24, 2.45) is 0 Å². The molecule has 0 saturated heterocycles. The van der Waals surface area contributed by atoms with Gasteiger partial charge < -0.3 is 9.99 Å². The molecule has 1 aromatic carbocycles. The van der Waals surface area contributed by atoms with E-state index < -0.39 is 11.6 Å². The van der Waals surface area contributed by atoms with E-state index in [-0.39, 0.29) is 11.5 Å². The van der Waals surface area contributed by atoms with Gasteiger partial charge in [-0.3, -0.25) is 0 Å². The van der Waals surface area contributed by atoms with Crippen molar-refractivity contribution in [3.8, 4) is 5.75 Å². The van der Waals surface area contributed by atoms with Crippen molar-refractivity contribution in [3.05, 3.63) is 29.3 Å². The van der Waals surface area contributed by atoms with Crippen LogP contribution in [0.5, 0.6) is 5.75 Å². The lowest BCUT2D eigenvalue weighted by Crippen LogP contribution is -2.22. The summed E-state index contributed by atoms with van der Waals surface area (Å²) in [5.41, 5.74) is 0.447. The molecule has 18 heavy (non-hydrogen) atoms. The van der Waals surface area contributed by atoms with Crippen LogP contribution in [0, 0.1) is 0 Å². The molecule has 0 amide bonds. The van der Waals surface area contributed by atoms with Crippen molar-refractivity contribution >= 4 is 5.97 Å². The second-order valence-corrected chi connectivity index (χ2v) is 5.46. The number of rotatable bonds is 4. The number of hydrogen-bond acceptors (Lipinski definition) is 3. The van der Waals surface area contributed by atoms with E-state index in [1.54, 1.807) is 18.2 Å². The number of hydrogen-bond donors (Lipinski definition) is 1. The van der Waals surface area contributed by atoms with Crippen LogP contribution in [-0.4, -0.2) is 16.7 Å². The average Bonchev–Trinajstić information content (AvgIpc) is 2.24. The lowest BCUT2D eigenvalue weighted by Gasteiger charge is -2.21. The summed E-state index contributed by atoms with van der Waals surface area (Å²) >= 11 is 0.